The summed E-state index contributed by atoms with van der Waals surface area (Å²) < 4.78 is 59.2. The van der Waals surface area contributed by atoms with Gasteiger partial charge in [-0.25, -0.2) is 24.0 Å². The third-order valence-corrected chi connectivity index (χ3v) is 8.50. The monoisotopic (exact) mass is 859 g/mol. The number of fused-ring (bicyclic) bond motifs is 2. The van der Waals surface area contributed by atoms with Gasteiger partial charge in [0.1, 0.15) is 35.8 Å². The van der Waals surface area contributed by atoms with E-state index in [1.54, 1.807) is 30.3 Å². The molecule has 19 heteroatoms. The standard InChI is InChI=1S/C22H16O12.C19H20F3NO2.ClH/c1-8-5-12(24)10(6-23)19-15(8)22(31)34-20-11(7-32-14(27)4-3-13(25)26)17(28)16(21(29)30)9(2)18(20)33-19;1-14(12-15-6-5-9-17(13-15)19(20,21)22)23-10-11-25-18(24)16-7-3-2-4-8-16;/h3-6,24,28H,7H2,1-2H3,(H,25,26)(H,29,30);2-9,13-14,23H,10-12H2,1H3;1H. The summed E-state index contributed by atoms with van der Waals surface area (Å²) in [5.74, 6) is -8.31. The summed E-state index contributed by atoms with van der Waals surface area (Å²) >= 11 is 0. The first kappa shape index (κ1) is 47.5. The Kier molecular flexibility index (Phi) is 16.3. The third-order valence-electron chi connectivity index (χ3n) is 8.50. The quantitative estimate of drug-likeness (QED) is 0.0308. The molecule has 4 aromatic rings. The number of rotatable bonds is 13. The molecule has 1 atom stereocenters. The van der Waals surface area contributed by atoms with E-state index >= 15 is 0 Å². The van der Waals surface area contributed by atoms with Crippen molar-refractivity contribution in [2.75, 3.05) is 13.2 Å². The molecule has 1 heterocycles. The van der Waals surface area contributed by atoms with E-state index in [0.29, 0.717) is 36.2 Å². The zero-order chi connectivity index (χ0) is 43.6. The SMILES string of the molecule is CC(Cc1cccc(C(F)(F)F)c1)NCCOC(=O)c1ccccc1.Cc1cc(O)c(C=O)c2c1C(=O)Oc1c(COC(=O)C=CC(=O)O)c(O)c(C(=O)O)c(C)c1O2.Cl. The van der Waals surface area contributed by atoms with Gasteiger partial charge in [-0.15, -0.1) is 12.4 Å². The van der Waals surface area contributed by atoms with Gasteiger partial charge >= 0.3 is 36.0 Å². The van der Waals surface area contributed by atoms with Gasteiger partial charge in [0, 0.05) is 30.3 Å². The van der Waals surface area contributed by atoms with Gasteiger partial charge in [0.25, 0.3) is 0 Å². The van der Waals surface area contributed by atoms with E-state index in [1.807, 2.05) is 13.0 Å². The number of esters is 3. The van der Waals surface area contributed by atoms with E-state index < -0.39 is 87.9 Å². The first-order chi connectivity index (χ1) is 27.8. The Morgan fingerprint density at radius 3 is 2.20 bits per heavy atom. The fraction of sp³-hybridized carbons (Fsp3) is 0.220. The van der Waals surface area contributed by atoms with Gasteiger partial charge in [-0.3, -0.25) is 4.79 Å². The number of carbonyl (C=O) groups excluding carboxylic acids is 4. The molecule has 60 heavy (non-hydrogen) atoms. The Labute approximate surface area is 345 Å². The lowest BCUT2D eigenvalue weighted by atomic mass is 10.0. The molecule has 0 aromatic heterocycles. The summed E-state index contributed by atoms with van der Waals surface area (Å²) in [6.45, 7) is 4.33. The Morgan fingerprint density at radius 2 is 1.58 bits per heavy atom. The summed E-state index contributed by atoms with van der Waals surface area (Å²) in [5.41, 5.74) is -1.35. The van der Waals surface area contributed by atoms with Crippen molar-refractivity contribution in [1.82, 2.24) is 5.32 Å². The topological polar surface area (TPSA) is 232 Å². The molecule has 0 fully saturated rings. The third kappa shape index (κ3) is 11.8. The van der Waals surface area contributed by atoms with Gasteiger partial charge < -0.3 is 44.7 Å². The summed E-state index contributed by atoms with van der Waals surface area (Å²) in [6.07, 6.45) is -2.58. The molecule has 4 aromatic carbocycles. The number of phenols is 2. The van der Waals surface area contributed by atoms with Crippen LogP contribution < -0.4 is 14.8 Å². The molecule has 1 unspecified atom stereocenters. The highest BCUT2D eigenvalue weighted by molar-refractivity contribution is 6.03. The molecule has 15 nitrogen and oxygen atoms in total. The van der Waals surface area contributed by atoms with Crippen LogP contribution in [0.2, 0.25) is 0 Å². The number of aldehydes is 1. The van der Waals surface area contributed by atoms with Crippen LogP contribution in [-0.2, 0) is 38.3 Å². The van der Waals surface area contributed by atoms with Crippen molar-refractivity contribution >= 4 is 48.5 Å². The van der Waals surface area contributed by atoms with Crippen LogP contribution in [0.3, 0.4) is 0 Å². The predicted octanol–water partition coefficient (Wildman–Crippen LogP) is 6.74. The minimum absolute atomic E-state index is 0. The molecule has 1 aliphatic rings. The summed E-state index contributed by atoms with van der Waals surface area (Å²) in [6, 6.07) is 15.1. The number of hydrogen-bond donors (Lipinski definition) is 5. The van der Waals surface area contributed by atoms with Crippen LogP contribution in [0, 0.1) is 13.8 Å². The van der Waals surface area contributed by atoms with Crippen molar-refractivity contribution in [2.24, 2.45) is 0 Å². The maximum atomic E-state index is 12.9. The van der Waals surface area contributed by atoms with Gasteiger partial charge in [-0.2, -0.15) is 13.2 Å². The lowest BCUT2D eigenvalue weighted by molar-refractivity contribution is -0.140. The zero-order valence-corrected chi connectivity index (χ0v) is 32.6. The average Bonchev–Trinajstić information content (AvgIpc) is 3.32. The van der Waals surface area contributed by atoms with Gasteiger partial charge in [-0.1, -0.05) is 36.4 Å². The maximum absolute atomic E-state index is 12.9. The Hall–Kier alpha value is -6.92. The highest BCUT2D eigenvalue weighted by Crippen LogP contribution is 2.50. The molecular weight excluding hydrogens is 823 g/mol. The van der Waals surface area contributed by atoms with Crippen molar-refractivity contribution in [3.05, 3.63) is 123 Å². The number of nitrogens with one attached hydrogen (secondary N) is 1. The van der Waals surface area contributed by atoms with E-state index in [-0.39, 0.29) is 53.8 Å². The zero-order valence-electron chi connectivity index (χ0n) is 31.8. The molecule has 0 saturated heterocycles. The molecule has 0 radical (unpaired) electrons. The number of carbonyl (C=O) groups is 6. The van der Waals surface area contributed by atoms with E-state index in [0.717, 1.165) is 18.2 Å². The van der Waals surface area contributed by atoms with E-state index in [4.69, 9.17) is 24.1 Å². The van der Waals surface area contributed by atoms with Gasteiger partial charge in [-0.05, 0) is 62.6 Å². The minimum Gasteiger partial charge on any atom is -0.507 e. The van der Waals surface area contributed by atoms with Crippen molar-refractivity contribution < 1.29 is 81.3 Å². The number of aryl methyl sites for hydroxylation is 1. The number of phenolic OH excluding ortho intramolecular Hbond substituents is 1. The van der Waals surface area contributed by atoms with Crippen molar-refractivity contribution in [2.45, 2.75) is 46.0 Å². The van der Waals surface area contributed by atoms with Crippen LogP contribution in [0.4, 0.5) is 13.2 Å². The molecule has 1 aliphatic heterocycles. The number of carboxylic acid groups (broad SMARTS) is 2. The van der Waals surface area contributed by atoms with Gasteiger partial charge in [0.2, 0.25) is 0 Å². The largest absolute Gasteiger partial charge is 0.507 e. The van der Waals surface area contributed by atoms with E-state index in [1.165, 1.54) is 19.9 Å². The smallest absolute Gasteiger partial charge is 0.416 e. The molecule has 0 spiro atoms. The van der Waals surface area contributed by atoms with E-state index in [9.17, 15) is 57.3 Å². The van der Waals surface area contributed by atoms with Crippen molar-refractivity contribution in [3.63, 3.8) is 0 Å². The number of benzene rings is 4. The number of halogens is 4. The van der Waals surface area contributed by atoms with Crippen molar-refractivity contribution in [1.29, 1.82) is 0 Å². The fourth-order valence-corrected chi connectivity index (χ4v) is 5.73. The number of aliphatic carboxylic acids is 1. The predicted molar refractivity (Wildman–Crippen MR) is 206 cm³/mol. The van der Waals surface area contributed by atoms with Crippen LogP contribution in [0.15, 0.2) is 72.8 Å². The number of aromatic carboxylic acids is 1. The summed E-state index contributed by atoms with van der Waals surface area (Å²) in [5, 5.41) is 42.0. The van der Waals surface area contributed by atoms with Crippen molar-refractivity contribution in [3.8, 4) is 28.7 Å². The minimum atomic E-state index is -4.34. The van der Waals surface area contributed by atoms with Crippen LogP contribution in [0.25, 0.3) is 0 Å². The van der Waals surface area contributed by atoms with Crippen LogP contribution in [0.5, 0.6) is 28.7 Å². The lowest BCUT2D eigenvalue weighted by Gasteiger charge is -2.18. The molecule has 0 bridgehead atoms. The fourth-order valence-electron chi connectivity index (χ4n) is 5.73. The second kappa shape index (κ2) is 20.7. The Bertz CT molecular complexity index is 2310. The van der Waals surface area contributed by atoms with Crippen LogP contribution >= 0.6 is 12.4 Å². The Morgan fingerprint density at radius 1 is 0.900 bits per heavy atom. The first-order valence-electron chi connectivity index (χ1n) is 17.4. The molecule has 0 amide bonds. The molecule has 0 aliphatic carbocycles. The van der Waals surface area contributed by atoms with Gasteiger partial charge in [0.15, 0.2) is 23.5 Å². The number of carboxylic acids is 2. The number of hydrogen-bond acceptors (Lipinski definition) is 13. The van der Waals surface area contributed by atoms with E-state index in [2.05, 4.69) is 5.32 Å². The second-order valence-electron chi connectivity index (χ2n) is 12.8. The van der Waals surface area contributed by atoms with Crippen LogP contribution in [0.1, 0.15) is 76.2 Å². The number of alkyl halides is 3. The number of ether oxygens (including phenoxy) is 4. The maximum Gasteiger partial charge on any atom is 0.416 e. The normalized spacial score (nSPS) is 12.1. The molecule has 318 valence electrons. The lowest BCUT2D eigenvalue weighted by Crippen LogP contribution is -2.31. The van der Waals surface area contributed by atoms with Gasteiger partial charge in [0.05, 0.1) is 22.3 Å². The van der Waals surface area contributed by atoms with Crippen LogP contribution in [-0.4, -0.2) is 75.8 Å². The second-order valence-corrected chi connectivity index (χ2v) is 12.8. The average molecular weight is 860 g/mol. The molecule has 5 rings (SSSR count). The summed E-state index contributed by atoms with van der Waals surface area (Å²) in [7, 11) is 0. The Balaban J connectivity index is 0.000000330. The highest BCUT2D eigenvalue weighted by atomic mass is 35.5. The summed E-state index contributed by atoms with van der Waals surface area (Å²) in [4.78, 5) is 70.4. The highest BCUT2D eigenvalue weighted by Gasteiger charge is 2.36. The number of aromatic hydroxyl groups is 2. The molecule has 0 saturated carbocycles. The first-order valence-corrected chi connectivity index (χ1v) is 17.4. The molecule has 5 N–H and O–H groups in total. The molecular formula is C41H37ClF3NO14.